The molecule has 0 aliphatic rings. The van der Waals surface area contributed by atoms with Gasteiger partial charge in [-0.05, 0) is 54.9 Å². The molecule has 0 aliphatic heterocycles. The number of esters is 1. The highest BCUT2D eigenvalue weighted by Crippen LogP contribution is 2.35. The predicted molar refractivity (Wildman–Crippen MR) is 103 cm³/mol. The van der Waals surface area contributed by atoms with Crippen molar-refractivity contribution in [2.75, 3.05) is 0 Å². The van der Waals surface area contributed by atoms with Crippen molar-refractivity contribution >= 4 is 32.5 Å². The molecule has 0 unspecified atom stereocenters. The van der Waals surface area contributed by atoms with Crippen LogP contribution in [0.5, 0.6) is 11.5 Å². The van der Waals surface area contributed by atoms with E-state index in [1.165, 1.54) is 30.3 Å². The number of hydrogen-bond acceptors (Lipinski definition) is 5. The normalized spacial score (nSPS) is 10.8. The molecule has 0 aromatic heterocycles. The molecule has 2 aromatic rings. The third kappa shape index (κ3) is 5.88. The summed E-state index contributed by atoms with van der Waals surface area (Å²) >= 11 is 2.75. The smallest absolute Gasteiger partial charge is 0.428 e. The van der Waals surface area contributed by atoms with E-state index >= 15 is 0 Å². The largest absolute Gasteiger partial charge is 0.514 e. The fraction of sp³-hybridized carbons (Fsp3) is 0.200. The number of halogens is 3. The number of para-hydroxylation sites is 1. The summed E-state index contributed by atoms with van der Waals surface area (Å²) in [6.07, 6.45) is -3.14. The first-order chi connectivity index (χ1) is 13.1. The van der Waals surface area contributed by atoms with Crippen molar-refractivity contribution < 1.29 is 32.6 Å². The summed E-state index contributed by atoms with van der Waals surface area (Å²) in [5.74, 6) is -1.05. The highest BCUT2D eigenvalue weighted by Gasteiger charge is 2.26. The molecule has 0 aliphatic carbocycles. The van der Waals surface area contributed by atoms with Crippen molar-refractivity contribution in [3.05, 3.63) is 65.7 Å². The highest BCUT2D eigenvalue weighted by atomic mass is 79.9. The number of benzene rings is 2. The second-order valence-electron chi connectivity index (χ2n) is 6.52. The van der Waals surface area contributed by atoms with Gasteiger partial charge in [0.25, 0.3) is 6.08 Å². The molecule has 2 aromatic carbocycles. The van der Waals surface area contributed by atoms with E-state index < -0.39 is 28.3 Å². The lowest BCUT2D eigenvalue weighted by Gasteiger charge is -2.19. The SMILES string of the molecule is CC(C)(C)OC(=O)Oc1cccc(C(Br)=C(F)F)c1C(=O)Oc1ccccc1. The lowest BCUT2D eigenvalue weighted by atomic mass is 10.1. The summed E-state index contributed by atoms with van der Waals surface area (Å²) in [6.45, 7) is 4.90. The van der Waals surface area contributed by atoms with Gasteiger partial charge in [0.15, 0.2) is 0 Å². The lowest BCUT2D eigenvalue weighted by Crippen LogP contribution is -2.26. The third-order valence-electron chi connectivity index (χ3n) is 3.17. The Labute approximate surface area is 169 Å². The minimum atomic E-state index is -2.05. The van der Waals surface area contributed by atoms with E-state index in [4.69, 9.17) is 14.2 Å². The van der Waals surface area contributed by atoms with E-state index in [0.717, 1.165) is 0 Å². The zero-order valence-corrected chi connectivity index (χ0v) is 16.9. The zero-order chi connectivity index (χ0) is 20.9. The molecule has 0 bridgehead atoms. The Balaban J connectivity index is 2.47. The van der Waals surface area contributed by atoms with E-state index in [0.29, 0.717) is 0 Å². The van der Waals surface area contributed by atoms with Crippen LogP contribution in [0.3, 0.4) is 0 Å². The molecule has 8 heteroatoms. The van der Waals surface area contributed by atoms with Gasteiger partial charge in [-0.25, -0.2) is 9.59 Å². The van der Waals surface area contributed by atoms with Gasteiger partial charge in [-0.1, -0.05) is 30.3 Å². The van der Waals surface area contributed by atoms with Crippen LogP contribution in [0.4, 0.5) is 13.6 Å². The van der Waals surface area contributed by atoms with Gasteiger partial charge >= 0.3 is 12.1 Å². The van der Waals surface area contributed by atoms with Gasteiger partial charge < -0.3 is 14.2 Å². The van der Waals surface area contributed by atoms with Crippen LogP contribution in [0.25, 0.3) is 4.48 Å². The van der Waals surface area contributed by atoms with Crippen LogP contribution in [0, 0.1) is 0 Å². The first kappa shape index (κ1) is 21.6. The first-order valence-electron chi connectivity index (χ1n) is 8.10. The summed E-state index contributed by atoms with van der Waals surface area (Å²) in [5.41, 5.74) is -1.39. The van der Waals surface area contributed by atoms with Crippen LogP contribution in [0.1, 0.15) is 36.7 Å². The molecule has 0 spiro atoms. The van der Waals surface area contributed by atoms with Gasteiger partial charge in [-0.3, -0.25) is 0 Å². The minimum Gasteiger partial charge on any atom is -0.428 e. The second kappa shape index (κ2) is 8.97. The molecule has 0 atom stereocenters. The summed E-state index contributed by atoms with van der Waals surface area (Å²) in [7, 11) is 0. The zero-order valence-electron chi connectivity index (χ0n) is 15.3. The molecule has 2 rings (SSSR count). The molecule has 0 fully saturated rings. The molecule has 148 valence electrons. The maximum absolute atomic E-state index is 13.1. The van der Waals surface area contributed by atoms with Crippen molar-refractivity contribution in [2.45, 2.75) is 26.4 Å². The Bertz CT molecular complexity index is 901. The highest BCUT2D eigenvalue weighted by molar-refractivity contribution is 9.15. The van der Waals surface area contributed by atoms with Gasteiger partial charge in [0.2, 0.25) is 0 Å². The number of carbonyl (C=O) groups excluding carboxylic acids is 2. The van der Waals surface area contributed by atoms with Crippen LogP contribution in [0.2, 0.25) is 0 Å². The van der Waals surface area contributed by atoms with E-state index in [9.17, 15) is 18.4 Å². The van der Waals surface area contributed by atoms with Crippen molar-refractivity contribution in [1.82, 2.24) is 0 Å². The third-order valence-corrected chi connectivity index (χ3v) is 3.90. The van der Waals surface area contributed by atoms with Crippen LogP contribution in [0.15, 0.2) is 54.6 Å². The average Bonchev–Trinajstić information content (AvgIpc) is 2.59. The van der Waals surface area contributed by atoms with E-state index in [2.05, 4.69) is 15.9 Å². The molecule has 0 amide bonds. The Morgan fingerprint density at radius 1 is 0.929 bits per heavy atom. The number of rotatable bonds is 4. The quantitative estimate of drug-likeness (QED) is 0.313. The second-order valence-corrected chi connectivity index (χ2v) is 7.32. The van der Waals surface area contributed by atoms with Crippen LogP contribution >= 0.6 is 15.9 Å². The van der Waals surface area contributed by atoms with Gasteiger partial charge in [-0.15, -0.1) is 0 Å². The van der Waals surface area contributed by atoms with E-state index in [1.54, 1.807) is 39.0 Å². The van der Waals surface area contributed by atoms with Gasteiger partial charge in [0, 0.05) is 5.56 Å². The number of carbonyl (C=O) groups is 2. The molecule has 28 heavy (non-hydrogen) atoms. The van der Waals surface area contributed by atoms with E-state index in [1.807, 2.05) is 0 Å². The van der Waals surface area contributed by atoms with Gasteiger partial charge in [-0.2, -0.15) is 8.78 Å². The fourth-order valence-corrected chi connectivity index (χ4v) is 2.45. The predicted octanol–water partition coefficient (Wildman–Crippen LogP) is 6.18. The maximum Gasteiger partial charge on any atom is 0.514 e. The molecular weight excluding hydrogens is 438 g/mol. The number of hydrogen-bond donors (Lipinski definition) is 0. The molecule has 0 heterocycles. The Morgan fingerprint density at radius 3 is 2.14 bits per heavy atom. The Hall–Kier alpha value is -2.74. The summed E-state index contributed by atoms with van der Waals surface area (Å²) in [4.78, 5) is 24.7. The standard InChI is InChI=1S/C20H17BrF2O5/c1-20(2,3)28-19(25)27-14-11-7-10-13(16(21)17(22)23)15(14)18(24)26-12-8-5-4-6-9-12/h4-11H,1-3H3. The lowest BCUT2D eigenvalue weighted by molar-refractivity contribution is 0.0204. The molecular formula is C20H17BrF2O5. The van der Waals surface area contributed by atoms with Crippen molar-refractivity contribution in [1.29, 1.82) is 0 Å². The van der Waals surface area contributed by atoms with E-state index in [-0.39, 0.29) is 22.6 Å². The van der Waals surface area contributed by atoms with Crippen molar-refractivity contribution in [3.8, 4) is 11.5 Å². The molecule has 0 radical (unpaired) electrons. The summed E-state index contributed by atoms with van der Waals surface area (Å²) in [6, 6.07) is 12.0. The molecule has 0 saturated heterocycles. The average molecular weight is 455 g/mol. The monoisotopic (exact) mass is 454 g/mol. The molecule has 5 nitrogen and oxygen atoms in total. The van der Waals surface area contributed by atoms with Crippen LogP contribution in [-0.4, -0.2) is 17.7 Å². The Kier molecular flexibility index (Phi) is 6.90. The maximum atomic E-state index is 13.1. The van der Waals surface area contributed by atoms with Crippen molar-refractivity contribution in [3.63, 3.8) is 0 Å². The Morgan fingerprint density at radius 2 is 1.57 bits per heavy atom. The minimum absolute atomic E-state index is 0.193. The van der Waals surface area contributed by atoms with Crippen LogP contribution in [-0.2, 0) is 4.74 Å². The van der Waals surface area contributed by atoms with Gasteiger partial charge in [0.05, 0.1) is 4.48 Å². The topological polar surface area (TPSA) is 61.8 Å². The van der Waals surface area contributed by atoms with Crippen LogP contribution < -0.4 is 9.47 Å². The molecule has 0 saturated carbocycles. The summed E-state index contributed by atoms with van der Waals surface area (Å²) in [5, 5.41) is 0. The first-order valence-corrected chi connectivity index (χ1v) is 8.90. The van der Waals surface area contributed by atoms with Gasteiger partial charge in [0.1, 0.15) is 22.7 Å². The summed E-state index contributed by atoms with van der Waals surface area (Å²) < 4.78 is 41.1. The fourth-order valence-electron chi connectivity index (χ4n) is 2.12. The van der Waals surface area contributed by atoms with Crippen molar-refractivity contribution in [2.24, 2.45) is 0 Å². The number of ether oxygens (including phenoxy) is 3. The molecule has 0 N–H and O–H groups in total.